The molecule has 3 rings (SSSR count). The molecule has 0 saturated carbocycles. The number of benzene rings is 2. The second-order valence-electron chi connectivity index (χ2n) is 6.51. The smallest absolute Gasteiger partial charge is 0.335 e. The Morgan fingerprint density at radius 3 is 2.32 bits per heavy atom. The first-order valence-electron chi connectivity index (χ1n) is 8.46. The fourth-order valence-electron chi connectivity index (χ4n) is 3.34. The third kappa shape index (κ3) is 4.40. The molecule has 0 radical (unpaired) electrons. The molecule has 2 aromatic rings. The zero-order valence-corrected chi connectivity index (χ0v) is 14.8. The van der Waals surface area contributed by atoms with Gasteiger partial charge in [-0.3, -0.25) is 0 Å². The van der Waals surface area contributed by atoms with Crippen LogP contribution in [0.15, 0.2) is 48.5 Å². The van der Waals surface area contributed by atoms with Crippen molar-refractivity contribution in [2.24, 2.45) is 0 Å². The van der Waals surface area contributed by atoms with Gasteiger partial charge >= 0.3 is 5.97 Å². The van der Waals surface area contributed by atoms with E-state index in [1.807, 2.05) is 24.3 Å². The normalized spacial score (nSPS) is 16.5. The molecule has 0 spiro atoms. The van der Waals surface area contributed by atoms with Crippen LogP contribution in [-0.2, 0) is 16.7 Å². The van der Waals surface area contributed by atoms with Crippen LogP contribution >= 0.6 is 11.6 Å². The maximum absolute atomic E-state index is 10.9. The second kappa shape index (κ2) is 8.00. The topological polar surface area (TPSA) is 58.6 Å². The summed E-state index contributed by atoms with van der Waals surface area (Å²) in [5.41, 5.74) is 2.71. The van der Waals surface area contributed by atoms with E-state index in [0.717, 1.165) is 43.2 Å². The van der Waals surface area contributed by atoms with Crippen LogP contribution in [-0.4, -0.2) is 30.8 Å². The minimum atomic E-state index is -0.900. The highest BCUT2D eigenvalue weighted by molar-refractivity contribution is 6.30. The van der Waals surface area contributed by atoms with Crippen molar-refractivity contribution in [3.8, 4) is 0 Å². The van der Waals surface area contributed by atoms with Gasteiger partial charge in [-0.2, -0.15) is 0 Å². The average Bonchev–Trinajstić information content (AvgIpc) is 2.63. The largest absolute Gasteiger partial charge is 0.478 e. The van der Waals surface area contributed by atoms with Gasteiger partial charge in [0, 0.05) is 36.7 Å². The van der Waals surface area contributed by atoms with E-state index in [2.05, 4.69) is 17.4 Å². The molecule has 1 aliphatic heterocycles. The molecule has 4 nitrogen and oxygen atoms in total. The predicted octanol–water partition coefficient (Wildman–Crippen LogP) is 3.88. The first-order valence-corrected chi connectivity index (χ1v) is 8.84. The van der Waals surface area contributed by atoms with Crippen molar-refractivity contribution in [1.82, 2.24) is 5.32 Å². The van der Waals surface area contributed by atoms with Crippen LogP contribution in [0.1, 0.15) is 34.3 Å². The number of hydrogen-bond acceptors (Lipinski definition) is 3. The number of nitrogens with one attached hydrogen (secondary N) is 1. The lowest BCUT2D eigenvalue weighted by Crippen LogP contribution is -2.42. The Kier molecular flexibility index (Phi) is 5.74. The number of carboxylic acid groups (broad SMARTS) is 1. The van der Waals surface area contributed by atoms with Crippen LogP contribution in [0.3, 0.4) is 0 Å². The third-order valence-electron chi connectivity index (χ3n) is 4.90. The van der Waals surface area contributed by atoms with Crippen LogP contribution in [0.2, 0.25) is 5.02 Å². The Balaban J connectivity index is 1.67. The number of rotatable bonds is 6. The van der Waals surface area contributed by atoms with Gasteiger partial charge in [0.1, 0.15) is 0 Å². The van der Waals surface area contributed by atoms with Gasteiger partial charge in [0.15, 0.2) is 0 Å². The molecule has 1 saturated heterocycles. The molecule has 5 heteroatoms. The summed E-state index contributed by atoms with van der Waals surface area (Å²) < 4.78 is 5.56. The molecule has 0 unspecified atom stereocenters. The minimum absolute atomic E-state index is 0.0455. The van der Waals surface area contributed by atoms with Gasteiger partial charge in [-0.05, 0) is 48.2 Å². The van der Waals surface area contributed by atoms with E-state index in [1.54, 1.807) is 12.1 Å². The molecule has 0 atom stereocenters. The molecule has 0 aliphatic carbocycles. The highest BCUT2D eigenvalue weighted by Gasteiger charge is 2.34. The summed E-state index contributed by atoms with van der Waals surface area (Å²) in [7, 11) is 0. The van der Waals surface area contributed by atoms with E-state index < -0.39 is 5.97 Å². The maximum Gasteiger partial charge on any atom is 0.335 e. The van der Waals surface area contributed by atoms with Crippen molar-refractivity contribution in [3.05, 3.63) is 70.2 Å². The van der Waals surface area contributed by atoms with E-state index >= 15 is 0 Å². The summed E-state index contributed by atoms with van der Waals surface area (Å²) in [5, 5.41) is 13.3. The summed E-state index contributed by atoms with van der Waals surface area (Å²) in [6.07, 6.45) is 1.94. The van der Waals surface area contributed by atoms with Crippen LogP contribution in [0.25, 0.3) is 0 Å². The van der Waals surface area contributed by atoms with Crippen LogP contribution in [0.4, 0.5) is 0 Å². The molecule has 0 amide bonds. The number of carbonyl (C=O) groups is 1. The molecule has 25 heavy (non-hydrogen) atoms. The monoisotopic (exact) mass is 359 g/mol. The molecule has 1 heterocycles. The number of ether oxygens (including phenoxy) is 1. The fraction of sp³-hybridized carbons (Fsp3) is 0.350. The Morgan fingerprint density at radius 2 is 1.72 bits per heavy atom. The molecule has 132 valence electrons. The van der Waals surface area contributed by atoms with E-state index in [4.69, 9.17) is 21.4 Å². The number of hydrogen-bond donors (Lipinski definition) is 2. The fourth-order valence-corrected chi connectivity index (χ4v) is 3.47. The molecule has 2 N–H and O–H groups in total. The quantitative estimate of drug-likeness (QED) is 0.821. The zero-order chi connectivity index (χ0) is 17.7. The highest BCUT2D eigenvalue weighted by Crippen LogP contribution is 2.35. The lowest BCUT2D eigenvalue weighted by atomic mass is 9.74. The second-order valence-corrected chi connectivity index (χ2v) is 6.94. The van der Waals surface area contributed by atoms with E-state index in [1.165, 1.54) is 5.56 Å². The van der Waals surface area contributed by atoms with Crippen LogP contribution in [0.5, 0.6) is 0 Å². The Bertz CT molecular complexity index is 707. The van der Waals surface area contributed by atoms with Gasteiger partial charge in [-0.1, -0.05) is 35.9 Å². The van der Waals surface area contributed by atoms with E-state index in [9.17, 15) is 4.79 Å². The molecule has 0 bridgehead atoms. The third-order valence-corrected chi connectivity index (χ3v) is 5.15. The number of carboxylic acids is 1. The minimum Gasteiger partial charge on any atom is -0.478 e. The van der Waals surface area contributed by atoms with E-state index in [0.29, 0.717) is 12.1 Å². The van der Waals surface area contributed by atoms with E-state index in [-0.39, 0.29) is 5.41 Å². The van der Waals surface area contributed by atoms with Crippen LogP contribution in [0, 0.1) is 0 Å². The standard InChI is InChI=1S/C20H22ClNO3/c21-18-7-5-17(6-8-18)20(9-11-25-12-10-20)14-22-13-15-1-3-16(4-2-15)19(23)24/h1-8,22H,9-14H2,(H,23,24). The van der Waals surface area contributed by atoms with Crippen molar-refractivity contribution in [1.29, 1.82) is 0 Å². The van der Waals surface area contributed by atoms with Crippen LogP contribution < -0.4 is 5.32 Å². The summed E-state index contributed by atoms with van der Waals surface area (Å²) in [6.45, 7) is 3.07. The SMILES string of the molecule is O=C(O)c1ccc(CNCC2(c3ccc(Cl)cc3)CCOCC2)cc1. The average molecular weight is 360 g/mol. The number of halogens is 1. The summed E-state index contributed by atoms with van der Waals surface area (Å²) in [6, 6.07) is 15.1. The first-order chi connectivity index (χ1) is 12.1. The lowest BCUT2D eigenvalue weighted by Gasteiger charge is -2.38. The van der Waals surface area contributed by atoms with Gasteiger partial charge in [-0.15, -0.1) is 0 Å². The summed E-state index contributed by atoms with van der Waals surface area (Å²) >= 11 is 6.03. The predicted molar refractivity (Wildman–Crippen MR) is 98.3 cm³/mol. The van der Waals surface area contributed by atoms with Crippen molar-refractivity contribution in [2.45, 2.75) is 24.8 Å². The summed E-state index contributed by atoms with van der Waals surface area (Å²) in [4.78, 5) is 10.9. The van der Waals surface area contributed by atoms with Crippen molar-refractivity contribution < 1.29 is 14.6 Å². The van der Waals surface area contributed by atoms with Gasteiger partial charge in [0.2, 0.25) is 0 Å². The molecular weight excluding hydrogens is 338 g/mol. The van der Waals surface area contributed by atoms with Crippen molar-refractivity contribution >= 4 is 17.6 Å². The zero-order valence-electron chi connectivity index (χ0n) is 14.0. The summed E-state index contributed by atoms with van der Waals surface area (Å²) in [5.74, 6) is -0.900. The van der Waals surface area contributed by atoms with Gasteiger partial charge in [0.25, 0.3) is 0 Å². The Morgan fingerprint density at radius 1 is 1.08 bits per heavy atom. The lowest BCUT2D eigenvalue weighted by molar-refractivity contribution is 0.0498. The van der Waals surface area contributed by atoms with Gasteiger partial charge in [-0.25, -0.2) is 4.79 Å². The molecule has 2 aromatic carbocycles. The Labute approximate surface area is 152 Å². The molecule has 0 aromatic heterocycles. The molecule has 1 fully saturated rings. The van der Waals surface area contributed by atoms with Crippen molar-refractivity contribution in [3.63, 3.8) is 0 Å². The highest BCUT2D eigenvalue weighted by atomic mass is 35.5. The molecular formula is C20H22ClNO3. The van der Waals surface area contributed by atoms with Gasteiger partial charge < -0.3 is 15.2 Å². The maximum atomic E-state index is 10.9. The first kappa shape index (κ1) is 17.9. The Hall–Kier alpha value is -1.88. The van der Waals surface area contributed by atoms with Gasteiger partial charge in [0.05, 0.1) is 5.56 Å². The molecule has 1 aliphatic rings. The number of aromatic carboxylic acids is 1. The van der Waals surface area contributed by atoms with Crippen molar-refractivity contribution in [2.75, 3.05) is 19.8 Å².